The van der Waals surface area contributed by atoms with E-state index in [1.165, 1.54) is 10.5 Å². The fraction of sp³-hybridized carbons (Fsp3) is 0.533. The van der Waals surface area contributed by atoms with Gasteiger partial charge in [0.15, 0.2) is 17.4 Å². The van der Waals surface area contributed by atoms with E-state index in [1.807, 2.05) is 4.90 Å². The largest absolute Gasteiger partial charge is 0.417 e. The molecule has 25 heavy (non-hydrogen) atoms. The van der Waals surface area contributed by atoms with Crippen LogP contribution in [-0.2, 0) is 12.7 Å². The van der Waals surface area contributed by atoms with Crippen molar-refractivity contribution < 1.29 is 13.2 Å². The Bertz CT molecular complexity index is 749. The Hall–Kier alpha value is -1.59. The lowest BCUT2D eigenvalue weighted by Gasteiger charge is -2.30. The van der Waals surface area contributed by atoms with E-state index in [0.29, 0.717) is 23.3 Å². The van der Waals surface area contributed by atoms with Crippen LogP contribution in [0.25, 0.3) is 5.65 Å². The molecule has 2 N–H and O–H groups in total. The van der Waals surface area contributed by atoms with Crippen molar-refractivity contribution >= 4 is 35.6 Å². The fourth-order valence-electron chi connectivity index (χ4n) is 2.70. The maximum Gasteiger partial charge on any atom is 0.417 e. The predicted molar refractivity (Wildman–Crippen MR) is 98.7 cm³/mol. The molecule has 3 heterocycles. The van der Waals surface area contributed by atoms with Gasteiger partial charge in [0, 0.05) is 19.3 Å². The molecule has 0 radical (unpaired) electrons. The van der Waals surface area contributed by atoms with Gasteiger partial charge in [-0.15, -0.1) is 34.2 Å². The highest BCUT2D eigenvalue weighted by Crippen LogP contribution is 2.29. The summed E-state index contributed by atoms with van der Waals surface area (Å²) in [6.07, 6.45) is -1.32. The first-order valence-corrected chi connectivity index (χ1v) is 7.80. The molecule has 2 aromatic rings. The third kappa shape index (κ3) is 4.53. The number of likely N-dealkylation sites (tertiary alicyclic amines) is 1. The van der Waals surface area contributed by atoms with Crippen LogP contribution in [0, 0.1) is 5.92 Å². The van der Waals surface area contributed by atoms with Gasteiger partial charge in [0.25, 0.3) is 0 Å². The number of aliphatic imine (C=N–C) groups is 1. The van der Waals surface area contributed by atoms with E-state index in [1.54, 1.807) is 0 Å². The molecule has 0 aliphatic carbocycles. The van der Waals surface area contributed by atoms with Crippen molar-refractivity contribution in [3.05, 3.63) is 29.7 Å². The number of hydrogen-bond acceptors (Lipinski definition) is 3. The summed E-state index contributed by atoms with van der Waals surface area (Å²) in [4.78, 5) is 6.26. The zero-order valence-corrected chi connectivity index (χ0v) is 16.0. The van der Waals surface area contributed by atoms with Crippen LogP contribution in [0.15, 0.2) is 23.3 Å². The smallest absolute Gasteiger partial charge is 0.370 e. The van der Waals surface area contributed by atoms with E-state index in [2.05, 4.69) is 22.1 Å². The number of hydrogen-bond donors (Lipinski definition) is 1. The van der Waals surface area contributed by atoms with Gasteiger partial charge < -0.3 is 10.6 Å². The maximum absolute atomic E-state index is 12.8. The molecule has 0 aromatic carbocycles. The van der Waals surface area contributed by atoms with Gasteiger partial charge in [-0.1, -0.05) is 6.92 Å². The SMILES string of the molecule is CC1CCN(C(N)=NCc2nnc3ccc(C(F)(F)F)cn23)CC1.I. The highest BCUT2D eigenvalue weighted by atomic mass is 127. The summed E-state index contributed by atoms with van der Waals surface area (Å²) < 4.78 is 39.8. The Labute approximate surface area is 160 Å². The number of nitrogens with zero attached hydrogens (tertiary/aromatic N) is 5. The van der Waals surface area contributed by atoms with Crippen molar-refractivity contribution in [2.45, 2.75) is 32.5 Å². The molecule has 1 aliphatic rings. The van der Waals surface area contributed by atoms with Crippen LogP contribution < -0.4 is 5.73 Å². The number of piperidine rings is 1. The molecule has 138 valence electrons. The van der Waals surface area contributed by atoms with Crippen molar-refractivity contribution in [2.75, 3.05) is 13.1 Å². The van der Waals surface area contributed by atoms with Crippen molar-refractivity contribution in [3.8, 4) is 0 Å². The Balaban J connectivity index is 0.00000225. The highest BCUT2D eigenvalue weighted by molar-refractivity contribution is 14.0. The Kier molecular flexibility index (Phi) is 6.12. The van der Waals surface area contributed by atoms with Crippen molar-refractivity contribution in [3.63, 3.8) is 0 Å². The standard InChI is InChI=1S/C15H19F3N6.HI/c1-10-4-6-23(7-5-10)14(19)20-8-13-22-21-12-3-2-11(9-24(12)13)15(16,17)18;/h2-3,9-10H,4-8H2,1H3,(H2,19,20);1H. The number of halogens is 4. The van der Waals surface area contributed by atoms with Gasteiger partial charge >= 0.3 is 6.18 Å². The lowest BCUT2D eigenvalue weighted by Crippen LogP contribution is -2.42. The minimum absolute atomic E-state index is 0. The third-order valence-corrected chi connectivity index (χ3v) is 4.29. The lowest BCUT2D eigenvalue weighted by atomic mass is 10.00. The summed E-state index contributed by atoms with van der Waals surface area (Å²) in [7, 11) is 0. The zero-order valence-electron chi connectivity index (χ0n) is 13.7. The molecule has 0 unspecified atom stereocenters. The number of guanidine groups is 1. The average Bonchev–Trinajstić information content (AvgIpc) is 2.95. The van der Waals surface area contributed by atoms with Gasteiger partial charge in [-0.3, -0.25) is 4.40 Å². The summed E-state index contributed by atoms with van der Waals surface area (Å²) in [5, 5.41) is 7.78. The minimum Gasteiger partial charge on any atom is -0.370 e. The third-order valence-electron chi connectivity index (χ3n) is 4.29. The molecule has 0 saturated carbocycles. The molecular weight excluding hydrogens is 448 g/mol. The lowest BCUT2D eigenvalue weighted by molar-refractivity contribution is -0.137. The molecule has 0 bridgehead atoms. The van der Waals surface area contributed by atoms with Gasteiger partial charge in [-0.25, -0.2) is 4.99 Å². The van der Waals surface area contributed by atoms with Gasteiger partial charge in [0.2, 0.25) is 0 Å². The Morgan fingerprint density at radius 2 is 1.96 bits per heavy atom. The number of pyridine rings is 1. The monoisotopic (exact) mass is 468 g/mol. The normalized spacial score (nSPS) is 17.0. The second-order valence-corrected chi connectivity index (χ2v) is 6.10. The number of aromatic nitrogens is 3. The summed E-state index contributed by atoms with van der Waals surface area (Å²) in [5.74, 6) is 1.39. The molecule has 1 fully saturated rings. The first kappa shape index (κ1) is 19.7. The first-order chi connectivity index (χ1) is 11.3. The van der Waals surface area contributed by atoms with E-state index in [4.69, 9.17) is 5.73 Å². The van der Waals surface area contributed by atoms with Gasteiger partial charge in [-0.2, -0.15) is 13.2 Å². The van der Waals surface area contributed by atoms with Crippen LogP contribution in [-0.4, -0.2) is 38.5 Å². The van der Waals surface area contributed by atoms with Crippen molar-refractivity contribution in [2.24, 2.45) is 16.6 Å². The summed E-state index contributed by atoms with van der Waals surface area (Å²) in [6, 6.07) is 2.28. The molecular formula is C15H20F3IN6. The molecule has 2 aromatic heterocycles. The van der Waals surface area contributed by atoms with Crippen molar-refractivity contribution in [1.82, 2.24) is 19.5 Å². The van der Waals surface area contributed by atoms with Gasteiger partial charge in [-0.05, 0) is 30.9 Å². The van der Waals surface area contributed by atoms with E-state index in [0.717, 1.165) is 38.2 Å². The molecule has 0 atom stereocenters. The number of alkyl halides is 3. The zero-order chi connectivity index (χ0) is 17.3. The second-order valence-electron chi connectivity index (χ2n) is 6.10. The van der Waals surface area contributed by atoms with E-state index in [-0.39, 0.29) is 30.5 Å². The number of fused-ring (bicyclic) bond motifs is 1. The minimum atomic E-state index is -4.41. The topological polar surface area (TPSA) is 71.8 Å². The number of rotatable bonds is 2. The molecule has 3 rings (SSSR count). The average molecular weight is 468 g/mol. The summed E-state index contributed by atoms with van der Waals surface area (Å²) in [5.41, 5.74) is 5.59. The van der Waals surface area contributed by atoms with Gasteiger partial charge in [0.1, 0.15) is 6.54 Å². The van der Waals surface area contributed by atoms with E-state index >= 15 is 0 Å². The Morgan fingerprint density at radius 1 is 1.28 bits per heavy atom. The summed E-state index contributed by atoms with van der Waals surface area (Å²) >= 11 is 0. The molecule has 0 spiro atoms. The van der Waals surface area contributed by atoms with Crippen LogP contribution in [0.3, 0.4) is 0 Å². The van der Waals surface area contributed by atoms with E-state index in [9.17, 15) is 13.2 Å². The second kappa shape index (κ2) is 7.75. The molecule has 6 nitrogen and oxygen atoms in total. The highest BCUT2D eigenvalue weighted by Gasteiger charge is 2.31. The van der Waals surface area contributed by atoms with Crippen LogP contribution in [0.1, 0.15) is 31.2 Å². The molecule has 0 amide bonds. The summed E-state index contributed by atoms with van der Waals surface area (Å²) in [6.45, 7) is 3.97. The van der Waals surface area contributed by atoms with Gasteiger partial charge in [0.05, 0.1) is 5.56 Å². The molecule has 1 saturated heterocycles. The number of nitrogens with two attached hydrogens (primary N) is 1. The van der Waals surface area contributed by atoms with Crippen LogP contribution in [0.4, 0.5) is 13.2 Å². The van der Waals surface area contributed by atoms with Crippen LogP contribution in [0.2, 0.25) is 0 Å². The van der Waals surface area contributed by atoms with E-state index < -0.39 is 11.7 Å². The van der Waals surface area contributed by atoms with Crippen LogP contribution >= 0.6 is 24.0 Å². The maximum atomic E-state index is 12.8. The fourth-order valence-corrected chi connectivity index (χ4v) is 2.70. The predicted octanol–water partition coefficient (Wildman–Crippen LogP) is 2.91. The van der Waals surface area contributed by atoms with Crippen molar-refractivity contribution in [1.29, 1.82) is 0 Å². The quantitative estimate of drug-likeness (QED) is 0.418. The van der Waals surface area contributed by atoms with Crippen LogP contribution in [0.5, 0.6) is 0 Å². The molecule has 10 heteroatoms. The first-order valence-electron chi connectivity index (χ1n) is 7.80. The molecule has 1 aliphatic heterocycles. The Morgan fingerprint density at radius 3 is 2.60 bits per heavy atom.